The highest BCUT2D eigenvalue weighted by molar-refractivity contribution is 5.84. The first-order valence-electron chi connectivity index (χ1n) is 16.5. The average Bonchev–Trinajstić information content (AvgIpc) is 3.34. The summed E-state index contributed by atoms with van der Waals surface area (Å²) in [6, 6.07) is 14.0. The molecule has 0 spiro atoms. The van der Waals surface area contributed by atoms with Crippen LogP contribution in [0.1, 0.15) is 56.2 Å². The number of aromatic nitrogens is 2. The molecule has 49 heavy (non-hydrogen) atoms. The molecule has 1 aromatic heterocycles. The normalized spacial score (nSPS) is 13.4. The molecule has 1 aliphatic carbocycles. The third-order valence-electron chi connectivity index (χ3n) is 8.72. The lowest BCUT2D eigenvalue weighted by atomic mass is 9.95. The number of hydrogen-bond donors (Lipinski definition) is 3. The van der Waals surface area contributed by atoms with E-state index in [4.69, 9.17) is 14.2 Å². The van der Waals surface area contributed by atoms with E-state index in [1.807, 2.05) is 18.2 Å². The predicted octanol–water partition coefficient (Wildman–Crippen LogP) is 4.36. The lowest BCUT2D eigenvalue weighted by Crippen LogP contribution is -2.30. The van der Waals surface area contributed by atoms with Gasteiger partial charge in [0.1, 0.15) is 0 Å². The van der Waals surface area contributed by atoms with Crippen molar-refractivity contribution in [2.45, 2.75) is 58.0 Å². The molecular formula is C37H43N5O7. The Morgan fingerprint density at radius 1 is 0.939 bits per heavy atom. The van der Waals surface area contributed by atoms with Crippen LogP contribution < -0.4 is 41.1 Å². The Balaban J connectivity index is 1.20. The monoisotopic (exact) mass is 669 g/mol. The number of methoxy groups -OCH3 is 3. The van der Waals surface area contributed by atoms with Crippen molar-refractivity contribution in [1.29, 1.82) is 0 Å². The number of hydrogen-bond acceptors (Lipinski definition) is 9. The van der Waals surface area contributed by atoms with E-state index >= 15 is 0 Å². The van der Waals surface area contributed by atoms with Crippen LogP contribution in [0.3, 0.4) is 0 Å². The summed E-state index contributed by atoms with van der Waals surface area (Å²) in [7, 11) is 4.69. The highest BCUT2D eigenvalue weighted by Gasteiger charge is 2.29. The molecule has 4 aromatic rings. The number of carbonyl (C=O) groups is 2. The van der Waals surface area contributed by atoms with Gasteiger partial charge in [-0.25, -0.2) is 4.98 Å². The second-order valence-corrected chi connectivity index (χ2v) is 11.9. The minimum absolute atomic E-state index is 0.0770. The van der Waals surface area contributed by atoms with E-state index in [-0.39, 0.29) is 28.8 Å². The number of anilines is 1. The third-order valence-corrected chi connectivity index (χ3v) is 8.72. The Hall–Kier alpha value is -5.39. The Morgan fingerprint density at radius 3 is 2.49 bits per heavy atom. The molecule has 5 rings (SSSR count). The number of para-hydroxylation sites is 1. The molecule has 258 valence electrons. The quantitative estimate of drug-likeness (QED) is 0.167. The van der Waals surface area contributed by atoms with E-state index in [0.717, 1.165) is 29.5 Å². The summed E-state index contributed by atoms with van der Waals surface area (Å²) < 4.78 is 18.6. The van der Waals surface area contributed by atoms with E-state index in [1.54, 1.807) is 51.7 Å². The van der Waals surface area contributed by atoms with E-state index in [1.165, 1.54) is 17.8 Å². The number of rotatable bonds is 14. The van der Waals surface area contributed by atoms with Crippen LogP contribution in [0.15, 0.2) is 64.4 Å². The zero-order valence-electron chi connectivity index (χ0n) is 28.4. The first-order valence-corrected chi connectivity index (χ1v) is 16.5. The molecule has 0 bridgehead atoms. The van der Waals surface area contributed by atoms with Crippen LogP contribution in [0.25, 0.3) is 22.0 Å². The summed E-state index contributed by atoms with van der Waals surface area (Å²) in [5.74, 6) is 1.22. The SMILES string of the molecule is COc1cc2c(c(OC)c1OC)-c1ccc(NCCCCCC(=O)NCCn3cnc4ccccc4c3=O)c(=O)cc1[C@@H](NC(C)=O)CC2. The van der Waals surface area contributed by atoms with Crippen LogP contribution >= 0.6 is 0 Å². The second kappa shape index (κ2) is 16.1. The number of ether oxygens (including phenoxy) is 3. The molecule has 0 radical (unpaired) electrons. The minimum atomic E-state index is -0.383. The van der Waals surface area contributed by atoms with Crippen LogP contribution in [-0.2, 0) is 22.6 Å². The number of fused-ring (bicyclic) bond motifs is 4. The van der Waals surface area contributed by atoms with Gasteiger partial charge in [-0.05, 0) is 72.7 Å². The number of nitrogens with zero attached hydrogens (tertiary/aromatic N) is 2. The molecule has 3 N–H and O–H groups in total. The average molecular weight is 670 g/mol. The zero-order valence-corrected chi connectivity index (χ0v) is 28.4. The molecule has 12 nitrogen and oxygen atoms in total. The lowest BCUT2D eigenvalue weighted by molar-refractivity contribution is -0.121. The van der Waals surface area contributed by atoms with Gasteiger partial charge in [0.2, 0.25) is 23.0 Å². The van der Waals surface area contributed by atoms with Gasteiger partial charge in [-0.3, -0.25) is 23.7 Å². The van der Waals surface area contributed by atoms with Gasteiger partial charge in [0.15, 0.2) is 11.5 Å². The second-order valence-electron chi connectivity index (χ2n) is 11.9. The fourth-order valence-electron chi connectivity index (χ4n) is 6.33. The topological polar surface area (TPSA) is 150 Å². The summed E-state index contributed by atoms with van der Waals surface area (Å²) >= 11 is 0. The molecule has 2 amide bonds. The highest BCUT2D eigenvalue weighted by Crippen LogP contribution is 2.50. The van der Waals surface area contributed by atoms with Gasteiger partial charge >= 0.3 is 0 Å². The number of nitrogens with one attached hydrogen (secondary N) is 3. The molecule has 1 aliphatic rings. The van der Waals surface area contributed by atoms with Crippen molar-refractivity contribution in [3.05, 3.63) is 86.6 Å². The standard InChI is InChI=1S/C37H43N5O7/c1-23(43)41-29-15-13-24-20-32(47-2)35(48-3)36(49-4)34(24)25-14-16-30(31(44)21-27(25)29)38-17-9-5-6-12-33(45)39-18-19-42-22-40-28-11-8-7-10-26(28)37(42)46/h7-8,10-11,14,16,20-22,29H,5-6,9,12-13,15,17-19H2,1-4H3,(H,38,44)(H,39,45)(H,41,43)/t29-/m0/s1. The van der Waals surface area contributed by atoms with Crippen LogP contribution in [0.5, 0.6) is 17.2 Å². The van der Waals surface area contributed by atoms with Crippen LogP contribution in [0.2, 0.25) is 0 Å². The van der Waals surface area contributed by atoms with Crippen molar-refractivity contribution >= 4 is 28.4 Å². The zero-order chi connectivity index (χ0) is 34.9. The molecule has 0 fully saturated rings. The molecule has 3 aromatic carbocycles. The summed E-state index contributed by atoms with van der Waals surface area (Å²) in [5.41, 5.74) is 3.98. The largest absolute Gasteiger partial charge is 0.493 e. The van der Waals surface area contributed by atoms with Crippen molar-refractivity contribution in [2.24, 2.45) is 0 Å². The van der Waals surface area contributed by atoms with Gasteiger partial charge in [0, 0.05) is 38.5 Å². The summed E-state index contributed by atoms with van der Waals surface area (Å²) in [6.07, 6.45) is 5.30. The van der Waals surface area contributed by atoms with Gasteiger partial charge in [-0.15, -0.1) is 0 Å². The Labute approximate surface area is 284 Å². The molecule has 1 heterocycles. The van der Waals surface area contributed by atoms with Crippen LogP contribution in [0, 0.1) is 0 Å². The van der Waals surface area contributed by atoms with Crippen LogP contribution in [0.4, 0.5) is 5.69 Å². The van der Waals surface area contributed by atoms with Crippen molar-refractivity contribution in [3.8, 4) is 28.4 Å². The lowest BCUT2D eigenvalue weighted by Gasteiger charge is -2.19. The van der Waals surface area contributed by atoms with Gasteiger partial charge in [-0.1, -0.05) is 24.6 Å². The number of unbranched alkanes of at least 4 members (excludes halogenated alkanes) is 2. The van der Waals surface area contributed by atoms with Crippen molar-refractivity contribution in [3.63, 3.8) is 0 Å². The molecule has 0 saturated carbocycles. The highest BCUT2D eigenvalue weighted by atomic mass is 16.5. The maximum absolute atomic E-state index is 13.5. The van der Waals surface area contributed by atoms with Crippen molar-refractivity contribution in [1.82, 2.24) is 20.2 Å². The number of amides is 2. The first kappa shape index (κ1) is 34.9. The first-order chi connectivity index (χ1) is 23.7. The van der Waals surface area contributed by atoms with E-state index in [9.17, 15) is 19.2 Å². The van der Waals surface area contributed by atoms with E-state index in [0.29, 0.717) is 84.7 Å². The van der Waals surface area contributed by atoms with Crippen molar-refractivity contribution < 1.29 is 23.8 Å². The molecule has 0 saturated heterocycles. The number of benzene rings is 2. The Kier molecular flexibility index (Phi) is 11.5. The fraction of sp³-hybridized carbons (Fsp3) is 0.378. The van der Waals surface area contributed by atoms with Gasteiger partial charge in [0.05, 0.1) is 50.3 Å². The van der Waals surface area contributed by atoms with E-state index in [2.05, 4.69) is 20.9 Å². The molecule has 0 unspecified atom stereocenters. The Morgan fingerprint density at radius 2 is 1.73 bits per heavy atom. The molecule has 1 atom stereocenters. The predicted molar refractivity (Wildman–Crippen MR) is 189 cm³/mol. The van der Waals surface area contributed by atoms with Crippen molar-refractivity contribution in [2.75, 3.05) is 39.7 Å². The maximum atomic E-state index is 13.5. The molecule has 12 heteroatoms. The summed E-state index contributed by atoms with van der Waals surface area (Å²) in [6.45, 7) is 2.69. The van der Waals surface area contributed by atoms with Crippen LogP contribution in [-0.4, -0.2) is 55.8 Å². The van der Waals surface area contributed by atoms with Gasteiger partial charge in [-0.2, -0.15) is 0 Å². The molecule has 0 aliphatic heterocycles. The minimum Gasteiger partial charge on any atom is -0.493 e. The van der Waals surface area contributed by atoms with E-state index < -0.39 is 0 Å². The number of carbonyl (C=O) groups excluding carboxylic acids is 2. The fourth-order valence-corrected chi connectivity index (χ4v) is 6.33. The summed E-state index contributed by atoms with van der Waals surface area (Å²) in [4.78, 5) is 55.0. The summed E-state index contributed by atoms with van der Waals surface area (Å²) in [5, 5.41) is 9.71. The van der Waals surface area contributed by atoms with Gasteiger partial charge < -0.3 is 30.2 Å². The smallest absolute Gasteiger partial charge is 0.261 e. The third kappa shape index (κ3) is 8.02. The maximum Gasteiger partial charge on any atom is 0.261 e. The molecular weight excluding hydrogens is 626 g/mol. The van der Waals surface area contributed by atoms with Gasteiger partial charge in [0.25, 0.3) is 5.56 Å². The number of aryl methyl sites for hydroxylation is 1. The Bertz CT molecular complexity index is 1960.